The van der Waals surface area contributed by atoms with E-state index in [2.05, 4.69) is 12.0 Å². The maximum absolute atomic E-state index is 9.43. The molecule has 1 aliphatic carbocycles. The largest absolute Gasteiger partial charge is 0.389 e. The van der Waals surface area contributed by atoms with Gasteiger partial charge in [-0.3, -0.25) is 4.68 Å². The first-order chi connectivity index (χ1) is 7.16. The smallest absolute Gasteiger partial charge is 0.0792 e. The highest BCUT2D eigenvalue weighted by atomic mass is 16.3. The van der Waals surface area contributed by atoms with Gasteiger partial charge >= 0.3 is 0 Å². The van der Waals surface area contributed by atoms with E-state index in [9.17, 15) is 5.11 Å². The summed E-state index contributed by atoms with van der Waals surface area (Å²) in [5.74, 6) is 0.808. The number of aromatic nitrogens is 2. The molecule has 0 saturated heterocycles. The number of aliphatic hydroxyl groups excluding tert-OH is 1. The molecule has 0 spiro atoms. The van der Waals surface area contributed by atoms with Crippen molar-refractivity contribution in [2.45, 2.75) is 51.7 Å². The predicted octanol–water partition coefficient (Wildman–Crippen LogP) is 2.69. The summed E-state index contributed by atoms with van der Waals surface area (Å²) in [5, 5.41) is 13.8. The van der Waals surface area contributed by atoms with E-state index in [0.717, 1.165) is 11.5 Å². The summed E-state index contributed by atoms with van der Waals surface area (Å²) in [6, 6.07) is 0.543. The molecular weight excluding hydrogens is 188 g/mol. The Balaban J connectivity index is 2.08. The van der Waals surface area contributed by atoms with E-state index < -0.39 is 6.10 Å². The summed E-state index contributed by atoms with van der Waals surface area (Å²) < 4.78 is 2.04. The Kier molecular flexibility index (Phi) is 3.10. The van der Waals surface area contributed by atoms with Crippen LogP contribution in [0.5, 0.6) is 0 Å². The van der Waals surface area contributed by atoms with Crippen molar-refractivity contribution in [1.82, 2.24) is 9.78 Å². The third kappa shape index (κ3) is 2.40. The second-order valence-corrected chi connectivity index (χ2v) is 4.86. The Bertz CT molecular complexity index is 319. The molecule has 1 aromatic rings. The summed E-state index contributed by atoms with van der Waals surface area (Å²) >= 11 is 0. The minimum atomic E-state index is -0.403. The Morgan fingerprint density at radius 3 is 2.93 bits per heavy atom. The number of aliphatic hydroxyl groups is 1. The van der Waals surface area contributed by atoms with Crippen LogP contribution in [0, 0.1) is 5.92 Å². The van der Waals surface area contributed by atoms with Gasteiger partial charge in [-0.15, -0.1) is 0 Å². The number of hydrogen-bond donors (Lipinski definition) is 1. The fourth-order valence-corrected chi connectivity index (χ4v) is 2.41. The van der Waals surface area contributed by atoms with Gasteiger partial charge in [-0.05, 0) is 25.7 Å². The van der Waals surface area contributed by atoms with Crippen LogP contribution in [0.15, 0.2) is 12.4 Å². The lowest BCUT2D eigenvalue weighted by Gasteiger charge is -2.26. The van der Waals surface area contributed by atoms with E-state index in [0.29, 0.717) is 6.04 Å². The van der Waals surface area contributed by atoms with Crippen LogP contribution in [-0.2, 0) is 0 Å². The van der Waals surface area contributed by atoms with Gasteiger partial charge in [-0.25, -0.2) is 0 Å². The van der Waals surface area contributed by atoms with E-state index in [-0.39, 0.29) is 0 Å². The van der Waals surface area contributed by atoms with E-state index in [1.54, 1.807) is 13.1 Å². The van der Waals surface area contributed by atoms with Crippen LogP contribution in [0.25, 0.3) is 0 Å². The zero-order valence-corrected chi connectivity index (χ0v) is 9.56. The molecule has 84 valence electrons. The molecule has 1 aliphatic rings. The summed E-state index contributed by atoms with van der Waals surface area (Å²) in [6.07, 6.45) is 8.47. The molecule has 0 aliphatic heterocycles. The first-order valence-corrected chi connectivity index (χ1v) is 5.89. The van der Waals surface area contributed by atoms with Crippen LogP contribution >= 0.6 is 0 Å². The first-order valence-electron chi connectivity index (χ1n) is 5.89. The Morgan fingerprint density at radius 2 is 2.33 bits per heavy atom. The molecule has 3 unspecified atom stereocenters. The summed E-state index contributed by atoms with van der Waals surface area (Å²) in [4.78, 5) is 0. The van der Waals surface area contributed by atoms with Gasteiger partial charge in [0.05, 0.1) is 18.3 Å². The van der Waals surface area contributed by atoms with E-state index in [1.807, 2.05) is 10.9 Å². The van der Waals surface area contributed by atoms with Crippen LogP contribution in [0.4, 0.5) is 0 Å². The number of hydrogen-bond acceptors (Lipinski definition) is 2. The van der Waals surface area contributed by atoms with Crippen molar-refractivity contribution in [1.29, 1.82) is 0 Å². The fraction of sp³-hybridized carbons (Fsp3) is 0.750. The van der Waals surface area contributed by atoms with Crippen molar-refractivity contribution >= 4 is 0 Å². The van der Waals surface area contributed by atoms with Gasteiger partial charge in [-0.2, -0.15) is 5.10 Å². The molecule has 0 aromatic carbocycles. The highest BCUT2D eigenvalue weighted by Gasteiger charge is 2.21. The summed E-state index contributed by atoms with van der Waals surface area (Å²) in [5.41, 5.74) is 0.924. The molecule has 3 nitrogen and oxygen atoms in total. The maximum Gasteiger partial charge on any atom is 0.0792 e. The van der Waals surface area contributed by atoms with E-state index >= 15 is 0 Å². The molecule has 1 saturated carbocycles. The molecule has 3 heteroatoms. The third-order valence-electron chi connectivity index (χ3n) is 3.39. The predicted molar refractivity (Wildman–Crippen MR) is 59.5 cm³/mol. The average molecular weight is 208 g/mol. The lowest BCUT2D eigenvalue weighted by atomic mass is 9.87. The number of rotatable bonds is 2. The minimum absolute atomic E-state index is 0.403. The average Bonchev–Trinajstić information content (AvgIpc) is 2.66. The van der Waals surface area contributed by atoms with Crippen LogP contribution in [0.1, 0.15) is 57.2 Å². The monoisotopic (exact) mass is 208 g/mol. The molecule has 3 atom stereocenters. The Morgan fingerprint density at radius 1 is 1.53 bits per heavy atom. The molecule has 15 heavy (non-hydrogen) atoms. The van der Waals surface area contributed by atoms with Crippen LogP contribution < -0.4 is 0 Å². The quantitative estimate of drug-likeness (QED) is 0.811. The van der Waals surface area contributed by atoms with E-state index in [4.69, 9.17) is 0 Å². The van der Waals surface area contributed by atoms with Crippen molar-refractivity contribution in [3.8, 4) is 0 Å². The molecule has 1 heterocycles. The lowest BCUT2D eigenvalue weighted by molar-refractivity contribution is 0.198. The van der Waals surface area contributed by atoms with Gasteiger partial charge in [0.15, 0.2) is 0 Å². The van der Waals surface area contributed by atoms with Crippen molar-refractivity contribution in [2.75, 3.05) is 0 Å². The Hall–Kier alpha value is -0.830. The second-order valence-electron chi connectivity index (χ2n) is 4.86. The highest BCUT2D eigenvalue weighted by Crippen LogP contribution is 2.32. The van der Waals surface area contributed by atoms with Gasteiger partial charge in [0.25, 0.3) is 0 Å². The van der Waals surface area contributed by atoms with Gasteiger partial charge in [0.1, 0.15) is 0 Å². The highest BCUT2D eigenvalue weighted by molar-refractivity contribution is 5.07. The normalized spacial score (nSPS) is 29.0. The molecule has 2 rings (SSSR count). The zero-order chi connectivity index (χ0) is 10.8. The maximum atomic E-state index is 9.43. The number of nitrogens with zero attached hydrogens (tertiary/aromatic N) is 2. The fourth-order valence-electron chi connectivity index (χ4n) is 2.41. The van der Waals surface area contributed by atoms with Gasteiger partial charge in [0, 0.05) is 11.8 Å². The molecule has 1 aromatic heterocycles. The molecule has 0 radical (unpaired) electrons. The molecule has 1 N–H and O–H groups in total. The van der Waals surface area contributed by atoms with Gasteiger partial charge in [0.2, 0.25) is 0 Å². The molecule has 0 amide bonds. The zero-order valence-electron chi connectivity index (χ0n) is 9.56. The summed E-state index contributed by atoms with van der Waals surface area (Å²) in [7, 11) is 0. The topological polar surface area (TPSA) is 38.0 Å². The van der Waals surface area contributed by atoms with Crippen LogP contribution in [0.3, 0.4) is 0 Å². The second kappa shape index (κ2) is 4.35. The van der Waals surface area contributed by atoms with Crippen molar-refractivity contribution in [3.63, 3.8) is 0 Å². The molecular formula is C12H20N2O. The van der Waals surface area contributed by atoms with Gasteiger partial charge < -0.3 is 5.11 Å². The standard InChI is InChI=1S/C12H20N2O/c1-9-4-3-5-12(6-9)14-8-11(7-13-14)10(2)15/h7-10,12,15H,3-6H2,1-2H3. The molecule has 0 bridgehead atoms. The van der Waals surface area contributed by atoms with Crippen molar-refractivity contribution < 1.29 is 5.11 Å². The SMILES string of the molecule is CC1CCCC(n2cc(C(C)O)cn2)C1. The lowest BCUT2D eigenvalue weighted by Crippen LogP contribution is -2.17. The van der Waals surface area contributed by atoms with E-state index in [1.165, 1.54) is 25.7 Å². The summed E-state index contributed by atoms with van der Waals surface area (Å²) in [6.45, 7) is 4.09. The van der Waals surface area contributed by atoms with Crippen molar-refractivity contribution in [3.05, 3.63) is 18.0 Å². The van der Waals surface area contributed by atoms with Gasteiger partial charge in [-0.1, -0.05) is 19.8 Å². The molecule has 1 fully saturated rings. The minimum Gasteiger partial charge on any atom is -0.389 e. The third-order valence-corrected chi connectivity index (χ3v) is 3.39. The Labute approximate surface area is 91.1 Å². The first kappa shape index (κ1) is 10.7. The van der Waals surface area contributed by atoms with Crippen LogP contribution in [0.2, 0.25) is 0 Å². The van der Waals surface area contributed by atoms with Crippen molar-refractivity contribution in [2.24, 2.45) is 5.92 Å². The van der Waals surface area contributed by atoms with Crippen LogP contribution in [-0.4, -0.2) is 14.9 Å².